The summed E-state index contributed by atoms with van der Waals surface area (Å²) in [6.07, 6.45) is 3.70. The van der Waals surface area contributed by atoms with Gasteiger partial charge in [0.1, 0.15) is 0 Å². The number of guanidine groups is 1. The van der Waals surface area contributed by atoms with Crippen molar-refractivity contribution in [2.45, 2.75) is 32.2 Å². The second-order valence-electron chi connectivity index (χ2n) is 5.41. The van der Waals surface area contributed by atoms with Crippen LogP contribution in [0, 0.1) is 5.92 Å². The summed E-state index contributed by atoms with van der Waals surface area (Å²) in [4.78, 5) is 6.87. The van der Waals surface area contributed by atoms with Crippen LogP contribution in [-0.2, 0) is 4.74 Å². The molecule has 4 N–H and O–H groups in total. The van der Waals surface area contributed by atoms with Crippen LogP contribution in [0.3, 0.4) is 0 Å². The molecule has 1 aliphatic heterocycles. The van der Waals surface area contributed by atoms with Gasteiger partial charge < -0.3 is 15.0 Å². The van der Waals surface area contributed by atoms with Crippen LogP contribution in [0.4, 0.5) is 0 Å². The lowest BCUT2D eigenvalue weighted by Gasteiger charge is -2.28. The largest absolute Gasteiger partial charge is 0.383 e. The Kier molecular flexibility index (Phi) is 7.78. The summed E-state index contributed by atoms with van der Waals surface area (Å²) < 4.78 is 5.07. The number of methoxy groups -OCH3 is 1. The van der Waals surface area contributed by atoms with Crippen LogP contribution in [0.25, 0.3) is 0 Å². The molecule has 0 aliphatic carbocycles. The van der Waals surface area contributed by atoms with E-state index in [-0.39, 0.29) is 6.04 Å². The van der Waals surface area contributed by atoms with Gasteiger partial charge >= 0.3 is 0 Å². The molecule has 19 heavy (non-hydrogen) atoms. The van der Waals surface area contributed by atoms with Crippen molar-refractivity contribution in [3.8, 4) is 0 Å². The monoisotopic (exact) mass is 271 g/mol. The first kappa shape index (κ1) is 16.2. The fourth-order valence-electron chi connectivity index (χ4n) is 2.37. The second kappa shape index (κ2) is 9.12. The highest BCUT2D eigenvalue weighted by Crippen LogP contribution is 2.19. The maximum Gasteiger partial charge on any atom is 0.206 e. The molecule has 0 radical (unpaired) electrons. The number of likely N-dealkylation sites (tertiary alicyclic amines) is 1. The molecule has 0 aromatic carbocycles. The molecule has 1 aliphatic rings. The van der Waals surface area contributed by atoms with E-state index in [2.05, 4.69) is 27.7 Å². The molecule has 1 fully saturated rings. The normalized spacial score (nSPS) is 20.3. The number of ether oxygens (including phenoxy) is 1. The molecule has 0 amide bonds. The van der Waals surface area contributed by atoms with Crippen LogP contribution in [-0.4, -0.2) is 57.3 Å². The van der Waals surface area contributed by atoms with Gasteiger partial charge in [-0.15, -0.1) is 0 Å². The smallest absolute Gasteiger partial charge is 0.206 e. The summed E-state index contributed by atoms with van der Waals surface area (Å²) in [5, 5.41) is 3.19. The molecule has 6 heteroatoms. The van der Waals surface area contributed by atoms with E-state index < -0.39 is 0 Å². The third-order valence-corrected chi connectivity index (χ3v) is 3.58. The first-order chi connectivity index (χ1) is 9.15. The number of aliphatic imine (C=N–C) groups is 1. The van der Waals surface area contributed by atoms with Crippen LogP contribution in [0.1, 0.15) is 26.2 Å². The predicted octanol–water partition coefficient (Wildman–Crippen LogP) is 0.162. The lowest BCUT2D eigenvalue weighted by molar-refractivity contribution is 0.179. The second-order valence-corrected chi connectivity index (χ2v) is 5.41. The number of nitrogens with two attached hydrogens (primary N) is 1. The van der Waals surface area contributed by atoms with Crippen LogP contribution < -0.4 is 16.6 Å². The Bertz CT molecular complexity index is 264. The maximum absolute atomic E-state index is 5.46. The zero-order valence-corrected chi connectivity index (χ0v) is 12.5. The van der Waals surface area contributed by atoms with E-state index in [1.165, 1.54) is 25.9 Å². The molecule has 1 atom stereocenters. The van der Waals surface area contributed by atoms with Gasteiger partial charge in [-0.25, -0.2) is 5.84 Å². The Morgan fingerprint density at radius 1 is 1.47 bits per heavy atom. The molecule has 1 saturated heterocycles. The molecule has 1 rings (SSSR count). The zero-order chi connectivity index (χ0) is 14.1. The highest BCUT2D eigenvalue weighted by molar-refractivity contribution is 5.79. The van der Waals surface area contributed by atoms with E-state index in [4.69, 9.17) is 10.6 Å². The third kappa shape index (κ3) is 6.75. The molecule has 1 unspecified atom stereocenters. The minimum atomic E-state index is 0.197. The van der Waals surface area contributed by atoms with E-state index in [0.29, 0.717) is 12.6 Å². The van der Waals surface area contributed by atoms with Crippen molar-refractivity contribution >= 4 is 5.96 Å². The number of hydrazine groups is 1. The van der Waals surface area contributed by atoms with Gasteiger partial charge in [0.15, 0.2) is 0 Å². The summed E-state index contributed by atoms with van der Waals surface area (Å²) in [6.45, 7) is 5.91. The van der Waals surface area contributed by atoms with Gasteiger partial charge in [-0.05, 0) is 52.2 Å². The van der Waals surface area contributed by atoms with Crippen LogP contribution in [0.15, 0.2) is 4.99 Å². The summed E-state index contributed by atoms with van der Waals surface area (Å²) in [7, 11) is 3.87. The predicted molar refractivity (Wildman–Crippen MR) is 78.9 cm³/mol. The molecule has 0 bridgehead atoms. The molecule has 0 aromatic heterocycles. The number of rotatable bonds is 6. The standard InChI is InChI=1S/C13H29N5O/c1-11(10-19-3)16-13(17-14)15-7-4-12-5-8-18(2)9-6-12/h11-12H,4-10,14H2,1-3H3,(H2,15,16,17). The van der Waals surface area contributed by atoms with Crippen LogP contribution in [0.2, 0.25) is 0 Å². The first-order valence-electron chi connectivity index (χ1n) is 7.10. The molecule has 6 nitrogen and oxygen atoms in total. The van der Waals surface area contributed by atoms with Crippen molar-refractivity contribution < 1.29 is 4.74 Å². The van der Waals surface area contributed by atoms with E-state index in [1.807, 2.05) is 6.92 Å². The van der Waals surface area contributed by atoms with E-state index in [1.54, 1.807) is 7.11 Å². The van der Waals surface area contributed by atoms with E-state index in [9.17, 15) is 0 Å². The average molecular weight is 271 g/mol. The van der Waals surface area contributed by atoms with Gasteiger partial charge in [-0.3, -0.25) is 10.4 Å². The number of hydrogen-bond acceptors (Lipinski definition) is 4. The van der Waals surface area contributed by atoms with Gasteiger partial charge in [-0.2, -0.15) is 0 Å². The Labute approximate surface area is 116 Å². The summed E-state index contributed by atoms with van der Waals surface area (Å²) in [6, 6.07) is 0.197. The SMILES string of the molecule is COCC(C)NC(=NCCC1CCN(C)CC1)NN. The Morgan fingerprint density at radius 3 is 2.74 bits per heavy atom. The highest BCUT2D eigenvalue weighted by Gasteiger charge is 2.15. The van der Waals surface area contributed by atoms with Crippen LogP contribution >= 0.6 is 0 Å². The lowest BCUT2D eigenvalue weighted by atomic mass is 9.94. The first-order valence-corrected chi connectivity index (χ1v) is 7.10. The number of hydrogen-bond donors (Lipinski definition) is 3. The van der Waals surface area contributed by atoms with Gasteiger partial charge in [0.25, 0.3) is 0 Å². The molecular formula is C13H29N5O. The van der Waals surface area contributed by atoms with Crippen molar-refractivity contribution in [3.63, 3.8) is 0 Å². The Hall–Kier alpha value is -0.850. The topological polar surface area (TPSA) is 74.9 Å². The zero-order valence-electron chi connectivity index (χ0n) is 12.5. The van der Waals surface area contributed by atoms with E-state index in [0.717, 1.165) is 18.9 Å². The Balaban J connectivity index is 2.24. The third-order valence-electron chi connectivity index (χ3n) is 3.58. The van der Waals surface area contributed by atoms with E-state index >= 15 is 0 Å². The quantitative estimate of drug-likeness (QED) is 0.278. The lowest BCUT2D eigenvalue weighted by Crippen LogP contribution is -2.47. The number of nitrogens with zero attached hydrogens (tertiary/aromatic N) is 2. The van der Waals surface area contributed by atoms with Crippen molar-refractivity contribution in [2.24, 2.45) is 16.8 Å². The molecule has 0 spiro atoms. The maximum atomic E-state index is 5.46. The summed E-state index contributed by atoms with van der Waals surface area (Å²) in [5.74, 6) is 6.92. The van der Waals surface area contributed by atoms with Crippen molar-refractivity contribution in [3.05, 3.63) is 0 Å². The number of piperidine rings is 1. The molecule has 112 valence electrons. The summed E-state index contributed by atoms with van der Waals surface area (Å²) >= 11 is 0. The fourth-order valence-corrected chi connectivity index (χ4v) is 2.37. The van der Waals surface area contributed by atoms with Gasteiger partial charge in [-0.1, -0.05) is 0 Å². The Morgan fingerprint density at radius 2 is 2.16 bits per heavy atom. The average Bonchev–Trinajstić information content (AvgIpc) is 2.40. The minimum Gasteiger partial charge on any atom is -0.383 e. The van der Waals surface area contributed by atoms with Crippen molar-refractivity contribution in [1.82, 2.24) is 15.6 Å². The molecule has 0 aromatic rings. The molecule has 0 saturated carbocycles. The van der Waals surface area contributed by atoms with Crippen molar-refractivity contribution in [1.29, 1.82) is 0 Å². The van der Waals surface area contributed by atoms with Gasteiger partial charge in [0, 0.05) is 19.7 Å². The molecular weight excluding hydrogens is 242 g/mol. The van der Waals surface area contributed by atoms with Crippen LogP contribution in [0.5, 0.6) is 0 Å². The summed E-state index contributed by atoms with van der Waals surface area (Å²) in [5.41, 5.74) is 2.61. The molecule has 1 heterocycles. The number of nitrogens with one attached hydrogen (secondary N) is 2. The fraction of sp³-hybridized carbons (Fsp3) is 0.923. The highest BCUT2D eigenvalue weighted by atomic mass is 16.5. The van der Waals surface area contributed by atoms with Crippen molar-refractivity contribution in [2.75, 3.05) is 40.4 Å². The van der Waals surface area contributed by atoms with Gasteiger partial charge in [0.2, 0.25) is 5.96 Å². The van der Waals surface area contributed by atoms with Gasteiger partial charge in [0.05, 0.1) is 6.61 Å². The minimum absolute atomic E-state index is 0.197.